The second-order valence-corrected chi connectivity index (χ2v) is 9.66. The molecular formula is C34H32ClFN4O5. The molecule has 0 aliphatic carbocycles. The number of benzene rings is 3. The van der Waals surface area contributed by atoms with Crippen molar-refractivity contribution >= 4 is 59.0 Å². The average Bonchev–Trinajstić information content (AvgIpc) is 3.68. The number of nitrogens with zero attached hydrogens (tertiary/aromatic N) is 3. The van der Waals surface area contributed by atoms with Crippen LogP contribution in [0.1, 0.15) is 24.2 Å². The lowest BCUT2D eigenvalue weighted by molar-refractivity contribution is -0.0987. The van der Waals surface area contributed by atoms with Crippen LogP contribution in [0.3, 0.4) is 0 Å². The van der Waals surface area contributed by atoms with Crippen molar-refractivity contribution in [2.75, 3.05) is 26.0 Å². The van der Waals surface area contributed by atoms with Gasteiger partial charge in [0.15, 0.2) is 0 Å². The van der Waals surface area contributed by atoms with Crippen molar-refractivity contribution in [2.24, 2.45) is 0 Å². The summed E-state index contributed by atoms with van der Waals surface area (Å²) >= 11 is 6.59. The van der Waals surface area contributed by atoms with Gasteiger partial charge in [0.2, 0.25) is 11.6 Å². The predicted molar refractivity (Wildman–Crippen MR) is 176 cm³/mol. The summed E-state index contributed by atoms with van der Waals surface area (Å²) in [5.74, 6) is 0.0623. The Hall–Kier alpha value is -5.35. The van der Waals surface area contributed by atoms with Gasteiger partial charge >= 0.3 is 0 Å². The molecule has 45 heavy (non-hydrogen) atoms. The third-order valence-electron chi connectivity index (χ3n) is 6.47. The zero-order valence-electron chi connectivity index (χ0n) is 25.5. The molecule has 0 saturated carbocycles. The van der Waals surface area contributed by atoms with Crippen molar-refractivity contribution in [3.8, 4) is 33.9 Å². The Balaban J connectivity index is 0.000000870. The Morgan fingerprint density at radius 1 is 0.911 bits per heavy atom. The van der Waals surface area contributed by atoms with E-state index >= 15 is 0 Å². The van der Waals surface area contributed by atoms with Crippen molar-refractivity contribution in [2.45, 2.75) is 13.8 Å². The van der Waals surface area contributed by atoms with Crippen molar-refractivity contribution in [1.29, 1.82) is 0 Å². The Labute approximate surface area is 264 Å². The minimum absolute atomic E-state index is 0.317. The first-order valence-electron chi connectivity index (χ1n) is 13.7. The van der Waals surface area contributed by atoms with Gasteiger partial charge in [0.25, 0.3) is 5.91 Å². The molecule has 0 bridgehead atoms. The van der Waals surface area contributed by atoms with E-state index in [0.29, 0.717) is 55.6 Å². The fourth-order valence-corrected chi connectivity index (χ4v) is 4.89. The second kappa shape index (κ2) is 15.4. The number of carbonyl (C=O) groups is 3. The average molecular weight is 631 g/mol. The number of amides is 1. The molecule has 0 spiro atoms. The van der Waals surface area contributed by atoms with E-state index in [4.69, 9.17) is 30.0 Å². The molecule has 6 aromatic rings. The highest BCUT2D eigenvalue weighted by Crippen LogP contribution is 2.42. The first kappa shape index (κ1) is 34.1. The number of carbonyl (C=O) groups excluding carboxylic acids is 3. The van der Waals surface area contributed by atoms with Gasteiger partial charge in [-0.2, -0.15) is 0 Å². The maximum absolute atomic E-state index is 13.6. The van der Waals surface area contributed by atoms with Crippen LogP contribution in [0.4, 0.5) is 10.1 Å². The largest absolute Gasteiger partial charge is 0.455 e. The highest BCUT2D eigenvalue weighted by molar-refractivity contribution is 6.31. The Bertz CT molecular complexity index is 1880. The molecule has 1 amide bonds. The number of furan rings is 1. The summed E-state index contributed by atoms with van der Waals surface area (Å²) < 4.78 is 25.7. The van der Waals surface area contributed by atoms with Crippen LogP contribution in [0.5, 0.6) is 0 Å². The maximum atomic E-state index is 13.6. The van der Waals surface area contributed by atoms with Crippen LogP contribution in [-0.4, -0.2) is 50.6 Å². The van der Waals surface area contributed by atoms with Crippen LogP contribution in [0.15, 0.2) is 81.8 Å². The number of oxazole rings is 1. The molecule has 3 aromatic carbocycles. The van der Waals surface area contributed by atoms with E-state index in [9.17, 15) is 9.18 Å². The Kier molecular flexibility index (Phi) is 11.7. The number of hydrogen-bond donors (Lipinski definition) is 1. The van der Waals surface area contributed by atoms with Gasteiger partial charge in [-0.15, -0.1) is 0 Å². The third-order valence-corrected chi connectivity index (χ3v) is 6.69. The standard InChI is InChI=1S/C30H22ClFN4O3.C2H6.2CH2O/c1-33-28(37)26-22-14-21(24(36(2)3)15-25(22)38-27(26)16-6-8-20(32)9-7-16)17-11-18(13-19(31)12-17)29-35-23-5-4-10-34-30(23)39-29;3*1-2/h4-15H,1-3H3,(H,33,37);1-2H3;2*1H2. The van der Waals surface area contributed by atoms with Gasteiger partial charge in [-0.3, -0.25) is 4.79 Å². The summed E-state index contributed by atoms with van der Waals surface area (Å²) in [6.45, 7) is 8.00. The fraction of sp³-hybridized carbons (Fsp3) is 0.147. The summed E-state index contributed by atoms with van der Waals surface area (Å²) in [5.41, 5.74) is 5.70. The number of nitrogens with one attached hydrogen (secondary N) is 1. The van der Waals surface area contributed by atoms with Crippen molar-refractivity contribution in [3.63, 3.8) is 0 Å². The summed E-state index contributed by atoms with van der Waals surface area (Å²) in [6, 6.07) is 18.8. The number of pyridine rings is 1. The van der Waals surface area contributed by atoms with E-state index in [1.54, 1.807) is 37.5 Å². The molecule has 0 aliphatic heterocycles. The van der Waals surface area contributed by atoms with Crippen LogP contribution in [0.2, 0.25) is 5.02 Å². The summed E-state index contributed by atoms with van der Waals surface area (Å²) in [4.78, 5) is 39.8. The Morgan fingerprint density at radius 2 is 1.58 bits per heavy atom. The molecule has 0 atom stereocenters. The van der Waals surface area contributed by atoms with Crippen LogP contribution >= 0.6 is 11.6 Å². The molecule has 1 N–H and O–H groups in total. The Morgan fingerprint density at radius 3 is 2.20 bits per heavy atom. The van der Waals surface area contributed by atoms with Crippen molar-refractivity contribution < 1.29 is 27.6 Å². The molecule has 0 fully saturated rings. The molecule has 0 saturated heterocycles. The number of rotatable bonds is 5. The number of hydrogen-bond acceptors (Lipinski definition) is 8. The van der Waals surface area contributed by atoms with Gasteiger partial charge in [-0.05, 0) is 66.2 Å². The van der Waals surface area contributed by atoms with E-state index < -0.39 is 0 Å². The van der Waals surface area contributed by atoms with E-state index in [1.165, 1.54) is 12.1 Å². The number of fused-ring (bicyclic) bond motifs is 2. The number of anilines is 1. The normalized spacial score (nSPS) is 10.1. The molecule has 9 nitrogen and oxygen atoms in total. The summed E-state index contributed by atoms with van der Waals surface area (Å²) in [6.07, 6.45) is 1.65. The second-order valence-electron chi connectivity index (χ2n) is 9.23. The van der Waals surface area contributed by atoms with Gasteiger partial charge in [0.05, 0.1) is 5.56 Å². The molecule has 0 aliphatic rings. The lowest BCUT2D eigenvalue weighted by atomic mass is 9.97. The molecule has 0 radical (unpaired) electrons. The van der Waals surface area contributed by atoms with Gasteiger partial charge in [0.1, 0.15) is 36.3 Å². The first-order valence-corrected chi connectivity index (χ1v) is 14.1. The topological polar surface area (TPSA) is 119 Å². The quantitative estimate of drug-likeness (QED) is 0.205. The zero-order chi connectivity index (χ0) is 33.3. The van der Waals surface area contributed by atoms with E-state index in [2.05, 4.69) is 15.3 Å². The molecule has 3 aromatic heterocycles. The van der Waals surface area contributed by atoms with E-state index in [0.717, 1.165) is 16.8 Å². The van der Waals surface area contributed by atoms with Gasteiger partial charge in [-0.25, -0.2) is 14.4 Å². The number of halogens is 2. The molecule has 232 valence electrons. The van der Waals surface area contributed by atoms with Crippen LogP contribution < -0.4 is 10.2 Å². The lowest BCUT2D eigenvalue weighted by Gasteiger charge is -2.18. The van der Waals surface area contributed by atoms with Crippen LogP contribution in [0, 0.1) is 5.82 Å². The molecule has 3 heterocycles. The monoisotopic (exact) mass is 630 g/mol. The SMILES string of the molecule is C=O.C=O.CC.CNC(=O)c1c(-c2ccc(F)cc2)oc2cc(N(C)C)c(-c3cc(Cl)cc(-c4nc5cccnc5o4)c3)cc12. The zero-order valence-corrected chi connectivity index (χ0v) is 26.2. The highest BCUT2D eigenvalue weighted by Gasteiger charge is 2.24. The first-order chi connectivity index (χ1) is 21.8. The summed E-state index contributed by atoms with van der Waals surface area (Å²) in [5, 5.41) is 3.81. The molecule has 6 rings (SSSR count). The fourth-order valence-electron chi connectivity index (χ4n) is 4.65. The molecular weight excluding hydrogens is 599 g/mol. The van der Waals surface area contributed by atoms with Crippen molar-refractivity contribution in [3.05, 3.63) is 89.3 Å². The van der Waals surface area contributed by atoms with Gasteiger partial charge < -0.3 is 28.6 Å². The van der Waals surface area contributed by atoms with Gasteiger partial charge in [-0.1, -0.05) is 25.4 Å². The number of aromatic nitrogens is 2. The predicted octanol–water partition coefficient (Wildman–Crippen LogP) is 7.84. The van der Waals surface area contributed by atoms with Gasteiger partial charge in [0, 0.05) is 66.2 Å². The van der Waals surface area contributed by atoms with Crippen LogP contribution in [0.25, 0.3) is 56.1 Å². The van der Waals surface area contributed by atoms with Crippen LogP contribution in [-0.2, 0) is 9.59 Å². The van der Waals surface area contributed by atoms with E-state index in [1.807, 2.05) is 76.8 Å². The third kappa shape index (κ3) is 7.08. The smallest absolute Gasteiger partial charge is 0.255 e. The highest BCUT2D eigenvalue weighted by atomic mass is 35.5. The van der Waals surface area contributed by atoms with Crippen molar-refractivity contribution in [1.82, 2.24) is 15.3 Å². The minimum atomic E-state index is -0.375. The lowest BCUT2D eigenvalue weighted by Crippen LogP contribution is -2.18. The maximum Gasteiger partial charge on any atom is 0.255 e. The molecule has 0 unspecified atom stereocenters. The minimum Gasteiger partial charge on any atom is -0.455 e. The summed E-state index contributed by atoms with van der Waals surface area (Å²) in [7, 11) is 5.40. The molecule has 11 heteroatoms. The van der Waals surface area contributed by atoms with E-state index in [-0.39, 0.29) is 11.7 Å².